The van der Waals surface area contributed by atoms with Crippen LogP contribution < -0.4 is 5.48 Å². The third-order valence-corrected chi connectivity index (χ3v) is 2.74. The first-order valence-electron chi connectivity index (χ1n) is 4.10. The molecule has 4 heteroatoms. The molecule has 1 aromatic carbocycles. The highest BCUT2D eigenvalue weighted by atomic mass is 35.5. The first kappa shape index (κ1) is 9.28. The average Bonchev–Trinajstić information content (AvgIpc) is 2.57. The summed E-state index contributed by atoms with van der Waals surface area (Å²) in [4.78, 5) is 5.05. The van der Waals surface area contributed by atoms with Crippen LogP contribution in [0.3, 0.4) is 0 Å². The van der Waals surface area contributed by atoms with Crippen molar-refractivity contribution in [2.24, 2.45) is 0 Å². The van der Waals surface area contributed by atoms with Gasteiger partial charge in [-0.05, 0) is 18.6 Å². The van der Waals surface area contributed by atoms with Gasteiger partial charge >= 0.3 is 0 Å². The minimum atomic E-state index is 0.126. The van der Waals surface area contributed by atoms with Crippen molar-refractivity contribution >= 4 is 23.2 Å². The molecule has 0 saturated carbocycles. The van der Waals surface area contributed by atoms with E-state index in [9.17, 15) is 0 Å². The summed E-state index contributed by atoms with van der Waals surface area (Å²) in [5.74, 6) is 0. The molecule has 1 aromatic rings. The second kappa shape index (κ2) is 3.84. The zero-order valence-corrected chi connectivity index (χ0v) is 8.40. The fourth-order valence-corrected chi connectivity index (χ4v) is 2.10. The van der Waals surface area contributed by atoms with Gasteiger partial charge in [0.05, 0.1) is 12.6 Å². The van der Waals surface area contributed by atoms with Gasteiger partial charge in [-0.1, -0.05) is 29.3 Å². The summed E-state index contributed by atoms with van der Waals surface area (Å²) >= 11 is 12.1. The SMILES string of the molecule is Clc1cccc(Cl)c1[C@@H]1CCON1. The topological polar surface area (TPSA) is 21.3 Å². The van der Waals surface area contributed by atoms with Crippen LogP contribution in [0.4, 0.5) is 0 Å². The average molecular weight is 218 g/mol. The van der Waals surface area contributed by atoms with Crippen LogP contribution in [0, 0.1) is 0 Å². The van der Waals surface area contributed by atoms with Gasteiger partial charge in [0.25, 0.3) is 0 Å². The smallest absolute Gasteiger partial charge is 0.0701 e. The normalized spacial score (nSPS) is 22.2. The molecule has 13 heavy (non-hydrogen) atoms. The summed E-state index contributed by atoms with van der Waals surface area (Å²) in [6.07, 6.45) is 0.906. The maximum Gasteiger partial charge on any atom is 0.0701 e. The van der Waals surface area contributed by atoms with E-state index in [1.54, 1.807) is 0 Å². The Morgan fingerprint density at radius 3 is 2.54 bits per heavy atom. The van der Waals surface area contributed by atoms with Gasteiger partial charge in [-0.2, -0.15) is 5.48 Å². The summed E-state index contributed by atoms with van der Waals surface area (Å²) in [6, 6.07) is 5.64. The van der Waals surface area contributed by atoms with Crippen LogP contribution in [-0.2, 0) is 4.84 Å². The molecule has 1 atom stereocenters. The molecule has 0 amide bonds. The van der Waals surface area contributed by atoms with Crippen molar-refractivity contribution in [3.63, 3.8) is 0 Å². The van der Waals surface area contributed by atoms with Gasteiger partial charge < -0.3 is 4.84 Å². The van der Waals surface area contributed by atoms with Gasteiger partial charge in [0, 0.05) is 15.6 Å². The third-order valence-electron chi connectivity index (χ3n) is 2.08. The highest BCUT2D eigenvalue weighted by molar-refractivity contribution is 6.36. The number of nitrogens with one attached hydrogen (secondary N) is 1. The van der Waals surface area contributed by atoms with E-state index < -0.39 is 0 Å². The van der Waals surface area contributed by atoms with Crippen LogP contribution in [0.1, 0.15) is 18.0 Å². The Bertz CT molecular complexity index is 290. The third kappa shape index (κ3) is 1.81. The summed E-state index contributed by atoms with van der Waals surface area (Å²) in [6.45, 7) is 0.701. The highest BCUT2D eigenvalue weighted by Gasteiger charge is 2.21. The molecule has 0 radical (unpaired) electrons. The number of hydroxylamine groups is 1. The van der Waals surface area contributed by atoms with Gasteiger partial charge in [0.15, 0.2) is 0 Å². The number of hydrogen-bond acceptors (Lipinski definition) is 2. The van der Waals surface area contributed by atoms with Gasteiger partial charge in [0.1, 0.15) is 0 Å². The van der Waals surface area contributed by atoms with Crippen molar-refractivity contribution in [3.8, 4) is 0 Å². The molecule has 1 aliphatic rings. The van der Waals surface area contributed by atoms with Crippen LogP contribution in [0.5, 0.6) is 0 Å². The molecule has 2 nitrogen and oxygen atoms in total. The fourth-order valence-electron chi connectivity index (χ4n) is 1.44. The largest absolute Gasteiger partial charge is 0.301 e. The van der Waals surface area contributed by atoms with Crippen molar-refractivity contribution < 1.29 is 4.84 Å². The van der Waals surface area contributed by atoms with Crippen molar-refractivity contribution in [3.05, 3.63) is 33.8 Å². The van der Waals surface area contributed by atoms with E-state index in [0.717, 1.165) is 12.0 Å². The summed E-state index contributed by atoms with van der Waals surface area (Å²) < 4.78 is 0. The quantitative estimate of drug-likeness (QED) is 0.782. The van der Waals surface area contributed by atoms with Crippen molar-refractivity contribution in [2.45, 2.75) is 12.5 Å². The summed E-state index contributed by atoms with van der Waals surface area (Å²) in [5, 5.41) is 1.38. The predicted octanol–water partition coefficient (Wildman–Crippen LogP) is 2.96. The Morgan fingerprint density at radius 1 is 1.31 bits per heavy atom. The molecule has 1 N–H and O–H groups in total. The molecule has 0 aromatic heterocycles. The van der Waals surface area contributed by atoms with Gasteiger partial charge in [0.2, 0.25) is 0 Å². The molecule has 1 heterocycles. The molecule has 0 unspecified atom stereocenters. The van der Waals surface area contributed by atoms with E-state index in [2.05, 4.69) is 5.48 Å². The zero-order chi connectivity index (χ0) is 9.26. The monoisotopic (exact) mass is 217 g/mol. The lowest BCUT2D eigenvalue weighted by atomic mass is 10.1. The highest BCUT2D eigenvalue weighted by Crippen LogP contribution is 2.33. The van der Waals surface area contributed by atoms with E-state index in [1.807, 2.05) is 18.2 Å². The molecule has 70 valence electrons. The molecular weight excluding hydrogens is 209 g/mol. The van der Waals surface area contributed by atoms with Crippen LogP contribution >= 0.6 is 23.2 Å². The van der Waals surface area contributed by atoms with Crippen molar-refractivity contribution in [1.82, 2.24) is 5.48 Å². The standard InChI is InChI=1S/C9H9Cl2NO/c10-6-2-1-3-7(11)9(6)8-4-5-13-12-8/h1-3,8,12H,4-5H2/t8-/m0/s1. The summed E-state index contributed by atoms with van der Waals surface area (Å²) in [5.41, 5.74) is 3.82. The fraction of sp³-hybridized carbons (Fsp3) is 0.333. The second-order valence-corrected chi connectivity index (χ2v) is 3.76. The van der Waals surface area contributed by atoms with E-state index in [0.29, 0.717) is 16.7 Å². The number of hydrogen-bond donors (Lipinski definition) is 1. The molecule has 1 fully saturated rings. The molecule has 1 saturated heterocycles. The van der Waals surface area contributed by atoms with Crippen LogP contribution in [0.2, 0.25) is 10.0 Å². The summed E-state index contributed by atoms with van der Waals surface area (Å²) in [7, 11) is 0. The Labute approximate surface area is 86.7 Å². The van der Waals surface area contributed by atoms with Gasteiger partial charge in [-0.25, -0.2) is 0 Å². The Kier molecular flexibility index (Phi) is 2.74. The van der Waals surface area contributed by atoms with E-state index in [1.165, 1.54) is 0 Å². The molecule has 0 bridgehead atoms. The van der Waals surface area contributed by atoms with Crippen LogP contribution in [-0.4, -0.2) is 6.61 Å². The van der Waals surface area contributed by atoms with Gasteiger partial charge in [-0.15, -0.1) is 0 Å². The van der Waals surface area contributed by atoms with Crippen LogP contribution in [0.15, 0.2) is 18.2 Å². The Balaban J connectivity index is 2.37. The van der Waals surface area contributed by atoms with E-state index in [-0.39, 0.29) is 6.04 Å². The lowest BCUT2D eigenvalue weighted by Crippen LogP contribution is -2.12. The minimum absolute atomic E-state index is 0.126. The van der Waals surface area contributed by atoms with Crippen molar-refractivity contribution in [2.75, 3.05) is 6.61 Å². The first-order chi connectivity index (χ1) is 6.29. The lowest BCUT2D eigenvalue weighted by molar-refractivity contribution is 0.0883. The molecule has 2 rings (SSSR count). The number of rotatable bonds is 1. The number of benzene rings is 1. The predicted molar refractivity (Wildman–Crippen MR) is 52.9 cm³/mol. The first-order valence-corrected chi connectivity index (χ1v) is 4.86. The number of halogens is 2. The van der Waals surface area contributed by atoms with Gasteiger partial charge in [-0.3, -0.25) is 0 Å². The maximum absolute atomic E-state index is 6.03. The Morgan fingerprint density at radius 2 is 2.00 bits per heavy atom. The van der Waals surface area contributed by atoms with Crippen molar-refractivity contribution in [1.29, 1.82) is 0 Å². The van der Waals surface area contributed by atoms with E-state index >= 15 is 0 Å². The minimum Gasteiger partial charge on any atom is -0.301 e. The maximum atomic E-state index is 6.03. The molecular formula is C9H9Cl2NO. The lowest BCUT2D eigenvalue weighted by Gasteiger charge is -2.12. The second-order valence-electron chi connectivity index (χ2n) is 2.94. The molecule has 0 aliphatic carbocycles. The molecule has 1 aliphatic heterocycles. The Hall–Kier alpha value is -0.280. The van der Waals surface area contributed by atoms with E-state index in [4.69, 9.17) is 28.0 Å². The molecule has 0 spiro atoms. The van der Waals surface area contributed by atoms with Crippen LogP contribution in [0.25, 0.3) is 0 Å². The zero-order valence-electron chi connectivity index (χ0n) is 6.89.